The van der Waals surface area contributed by atoms with E-state index in [4.69, 9.17) is 14.7 Å². The van der Waals surface area contributed by atoms with Crippen LogP contribution in [-0.4, -0.2) is 19.1 Å². The number of amides is 1. The molecule has 1 N–H and O–H groups in total. The first-order chi connectivity index (χ1) is 14.7. The highest BCUT2D eigenvalue weighted by Gasteiger charge is 2.34. The van der Waals surface area contributed by atoms with E-state index >= 15 is 0 Å². The number of methoxy groups -OCH3 is 1. The fourth-order valence-electron chi connectivity index (χ4n) is 2.98. The molecule has 2 unspecified atom stereocenters. The van der Waals surface area contributed by atoms with E-state index in [0.717, 1.165) is 24.1 Å². The third-order valence-electron chi connectivity index (χ3n) is 4.95. The van der Waals surface area contributed by atoms with E-state index in [1.807, 2.05) is 26.0 Å². The van der Waals surface area contributed by atoms with Gasteiger partial charge >= 0.3 is 6.18 Å². The Labute approximate surface area is 179 Å². The molecule has 166 valence electrons. The molecule has 0 radical (unpaired) electrons. The zero-order chi connectivity index (χ0) is 23.0. The van der Waals surface area contributed by atoms with Crippen LogP contribution in [0.4, 0.5) is 13.2 Å². The summed E-state index contributed by atoms with van der Waals surface area (Å²) in [5.74, 6) is 0.169. The van der Waals surface area contributed by atoms with Crippen molar-refractivity contribution in [3.05, 3.63) is 59.2 Å². The van der Waals surface area contributed by atoms with E-state index < -0.39 is 29.3 Å². The fraction of sp³-hybridized carbons (Fsp3) is 0.391. The number of hydrogen-bond donors (Lipinski definition) is 1. The molecule has 0 aliphatic carbocycles. The molecule has 0 fully saturated rings. The number of halogens is 3. The zero-order valence-electron chi connectivity index (χ0n) is 17.6. The minimum Gasteiger partial charge on any atom is -0.496 e. The Morgan fingerprint density at radius 1 is 1.23 bits per heavy atom. The van der Waals surface area contributed by atoms with Gasteiger partial charge in [0.15, 0.2) is 6.10 Å². The lowest BCUT2D eigenvalue weighted by Gasteiger charge is -2.22. The van der Waals surface area contributed by atoms with Crippen molar-refractivity contribution >= 4 is 5.91 Å². The van der Waals surface area contributed by atoms with Crippen LogP contribution in [0.25, 0.3) is 0 Å². The summed E-state index contributed by atoms with van der Waals surface area (Å²) < 4.78 is 50.7. The Bertz CT molecular complexity index is 938. The number of hydrogen-bond acceptors (Lipinski definition) is 4. The van der Waals surface area contributed by atoms with Crippen molar-refractivity contribution in [2.75, 3.05) is 7.11 Å². The number of ether oxygens (including phenoxy) is 2. The molecule has 2 aromatic rings. The second-order valence-corrected chi connectivity index (χ2v) is 7.20. The second kappa shape index (κ2) is 10.7. The van der Waals surface area contributed by atoms with Crippen LogP contribution in [0.3, 0.4) is 0 Å². The molecule has 0 aromatic heterocycles. The van der Waals surface area contributed by atoms with Crippen LogP contribution in [0.1, 0.15) is 43.4 Å². The van der Waals surface area contributed by atoms with Gasteiger partial charge in [0, 0.05) is 12.1 Å². The van der Waals surface area contributed by atoms with Gasteiger partial charge in [0.05, 0.1) is 24.3 Å². The molecule has 0 aliphatic heterocycles. The molecule has 2 atom stereocenters. The van der Waals surface area contributed by atoms with E-state index in [2.05, 4.69) is 5.32 Å². The van der Waals surface area contributed by atoms with Gasteiger partial charge in [-0.25, -0.2) is 0 Å². The molecular weight excluding hydrogens is 409 g/mol. The largest absolute Gasteiger partial charge is 0.496 e. The molecule has 5 nitrogen and oxygen atoms in total. The maximum Gasteiger partial charge on any atom is 0.417 e. The van der Waals surface area contributed by atoms with Crippen LogP contribution in [0, 0.1) is 17.2 Å². The molecule has 31 heavy (non-hydrogen) atoms. The molecule has 2 rings (SSSR count). The smallest absolute Gasteiger partial charge is 0.417 e. The molecule has 1 amide bonds. The lowest BCUT2D eigenvalue weighted by Crippen LogP contribution is -2.39. The Balaban J connectivity index is 2.22. The third-order valence-corrected chi connectivity index (χ3v) is 4.95. The van der Waals surface area contributed by atoms with E-state index in [9.17, 15) is 18.0 Å². The summed E-state index contributed by atoms with van der Waals surface area (Å²) in [7, 11) is 1.53. The first-order valence-electron chi connectivity index (χ1n) is 9.87. The Morgan fingerprint density at radius 2 is 1.94 bits per heavy atom. The molecule has 0 saturated heterocycles. The highest BCUT2D eigenvalue weighted by Crippen LogP contribution is 2.34. The number of para-hydroxylation sites is 1. The normalized spacial score (nSPS) is 13.1. The fourth-order valence-corrected chi connectivity index (χ4v) is 2.98. The lowest BCUT2D eigenvalue weighted by molar-refractivity contribution is -0.137. The van der Waals surface area contributed by atoms with Gasteiger partial charge in [-0.2, -0.15) is 18.4 Å². The summed E-state index contributed by atoms with van der Waals surface area (Å²) in [5, 5.41) is 11.7. The number of rotatable bonds is 9. The summed E-state index contributed by atoms with van der Waals surface area (Å²) in [6.07, 6.45) is -4.59. The maximum absolute atomic E-state index is 13.3. The number of carbonyl (C=O) groups is 1. The monoisotopic (exact) mass is 434 g/mol. The van der Waals surface area contributed by atoms with Crippen LogP contribution in [0.15, 0.2) is 42.5 Å². The quantitative estimate of drug-likeness (QED) is 0.597. The van der Waals surface area contributed by atoms with E-state index in [-0.39, 0.29) is 18.2 Å². The number of alkyl halides is 3. The second-order valence-electron chi connectivity index (χ2n) is 7.20. The van der Waals surface area contributed by atoms with Crippen molar-refractivity contribution in [3.63, 3.8) is 0 Å². The minimum absolute atomic E-state index is 0.113. The Morgan fingerprint density at radius 3 is 2.55 bits per heavy atom. The molecule has 2 aromatic carbocycles. The van der Waals surface area contributed by atoms with Gasteiger partial charge in [-0.1, -0.05) is 38.5 Å². The number of nitriles is 1. The average molecular weight is 434 g/mol. The number of benzene rings is 2. The van der Waals surface area contributed by atoms with Crippen molar-refractivity contribution in [1.82, 2.24) is 5.32 Å². The molecule has 0 heterocycles. The number of nitrogens with zero attached hydrogens (tertiary/aromatic N) is 1. The number of nitrogens with one attached hydrogen (secondary N) is 1. The van der Waals surface area contributed by atoms with Crippen molar-refractivity contribution in [2.24, 2.45) is 5.92 Å². The van der Waals surface area contributed by atoms with Crippen molar-refractivity contribution in [3.8, 4) is 17.6 Å². The van der Waals surface area contributed by atoms with E-state index in [1.54, 1.807) is 12.1 Å². The minimum atomic E-state index is -4.71. The average Bonchev–Trinajstić information content (AvgIpc) is 2.76. The SMILES string of the molecule is CCC(C)CC(Oc1ccc(C#N)c(C(F)(F)F)c1)C(=O)NCc1ccccc1OC. The van der Waals surface area contributed by atoms with Crippen LogP contribution < -0.4 is 14.8 Å². The van der Waals surface area contributed by atoms with Crippen molar-refractivity contribution < 1.29 is 27.4 Å². The molecule has 0 saturated carbocycles. The summed E-state index contributed by atoms with van der Waals surface area (Å²) >= 11 is 0. The first kappa shape index (κ1) is 24.1. The molecular formula is C23H25F3N2O3. The van der Waals surface area contributed by atoms with Crippen LogP contribution in [0.5, 0.6) is 11.5 Å². The van der Waals surface area contributed by atoms with Gasteiger partial charge in [0.2, 0.25) is 0 Å². The van der Waals surface area contributed by atoms with Gasteiger partial charge in [0.25, 0.3) is 5.91 Å². The number of carbonyl (C=O) groups excluding carboxylic acids is 1. The predicted octanol–water partition coefficient (Wildman–Crippen LogP) is 5.09. The van der Waals surface area contributed by atoms with Crippen LogP contribution in [-0.2, 0) is 17.5 Å². The Kier molecular flexibility index (Phi) is 8.31. The Hall–Kier alpha value is -3.21. The maximum atomic E-state index is 13.3. The zero-order valence-corrected chi connectivity index (χ0v) is 17.6. The van der Waals surface area contributed by atoms with Crippen molar-refractivity contribution in [1.29, 1.82) is 5.26 Å². The summed E-state index contributed by atoms with van der Waals surface area (Å²) in [4.78, 5) is 12.8. The van der Waals surface area contributed by atoms with Gasteiger partial charge in [-0.05, 0) is 36.6 Å². The van der Waals surface area contributed by atoms with Gasteiger partial charge in [-0.15, -0.1) is 0 Å². The van der Waals surface area contributed by atoms with Crippen molar-refractivity contribution in [2.45, 2.75) is 45.5 Å². The van der Waals surface area contributed by atoms with Crippen LogP contribution >= 0.6 is 0 Å². The molecule has 8 heteroatoms. The van der Waals surface area contributed by atoms with Gasteiger partial charge in [0.1, 0.15) is 11.5 Å². The summed E-state index contributed by atoms with van der Waals surface area (Å²) in [6, 6.07) is 11.8. The molecule has 0 aliphatic rings. The van der Waals surface area contributed by atoms with Gasteiger partial charge < -0.3 is 14.8 Å². The van der Waals surface area contributed by atoms with E-state index in [0.29, 0.717) is 12.2 Å². The molecule has 0 bridgehead atoms. The third kappa shape index (κ3) is 6.64. The summed E-state index contributed by atoms with van der Waals surface area (Å²) in [6.45, 7) is 4.08. The summed E-state index contributed by atoms with van der Waals surface area (Å²) in [5.41, 5.74) is -0.832. The van der Waals surface area contributed by atoms with Crippen LogP contribution in [0.2, 0.25) is 0 Å². The predicted molar refractivity (Wildman–Crippen MR) is 109 cm³/mol. The first-order valence-corrected chi connectivity index (χ1v) is 9.87. The van der Waals surface area contributed by atoms with Gasteiger partial charge in [-0.3, -0.25) is 4.79 Å². The highest BCUT2D eigenvalue weighted by molar-refractivity contribution is 5.81. The molecule has 0 spiro atoms. The van der Waals surface area contributed by atoms with E-state index in [1.165, 1.54) is 19.2 Å². The highest BCUT2D eigenvalue weighted by atomic mass is 19.4. The topological polar surface area (TPSA) is 71.3 Å². The standard InChI is InChI=1S/C23H25F3N2O3/c1-4-15(2)11-21(22(29)28-14-17-7-5-6-8-20(17)30-3)31-18-10-9-16(13-27)19(12-18)23(24,25)26/h5-10,12,15,21H,4,11,14H2,1-3H3,(H,28,29). The lowest BCUT2D eigenvalue weighted by atomic mass is 10.00.